The smallest absolute Gasteiger partial charge is 0.0263 e. The van der Waals surface area contributed by atoms with Gasteiger partial charge in [-0.05, 0) is 11.5 Å². The molecule has 0 fully saturated rings. The van der Waals surface area contributed by atoms with Gasteiger partial charge in [0.2, 0.25) is 0 Å². The van der Waals surface area contributed by atoms with Gasteiger partial charge in [-0.3, -0.25) is 0 Å². The first-order valence-electron chi connectivity index (χ1n) is 4.88. The van der Waals surface area contributed by atoms with Gasteiger partial charge >= 0.3 is 0 Å². The lowest BCUT2D eigenvalue weighted by Gasteiger charge is -1.90. The maximum atomic E-state index is 3.63. The molecule has 72 valence electrons. The molecule has 0 aliphatic heterocycles. The topological polar surface area (TPSA) is 0 Å². The summed E-state index contributed by atoms with van der Waals surface area (Å²) in [5.41, 5.74) is 1.17. The summed E-state index contributed by atoms with van der Waals surface area (Å²) < 4.78 is 0. The summed E-state index contributed by atoms with van der Waals surface area (Å²) in [6.07, 6.45) is 3.14. The van der Waals surface area contributed by atoms with Crippen molar-refractivity contribution < 1.29 is 0 Å². The van der Waals surface area contributed by atoms with E-state index in [2.05, 4.69) is 27.4 Å². The fraction of sp³-hybridized carbons (Fsp3) is 0.385. The molecular weight excluding hydrogens is 156 g/mol. The summed E-state index contributed by atoms with van der Waals surface area (Å²) in [6, 6.07) is 10.0. The second-order valence-electron chi connectivity index (χ2n) is 3.42. The molecule has 0 unspecified atom stereocenters. The molecule has 0 aromatic heterocycles. The van der Waals surface area contributed by atoms with E-state index in [0.717, 1.165) is 5.92 Å². The second-order valence-corrected chi connectivity index (χ2v) is 3.42. The molecular formula is C13H20. The van der Waals surface area contributed by atoms with Crippen LogP contribution < -0.4 is 0 Å². The van der Waals surface area contributed by atoms with E-state index in [1.165, 1.54) is 12.0 Å². The molecule has 0 amide bonds. The highest BCUT2D eigenvalue weighted by Crippen LogP contribution is 1.97. The van der Waals surface area contributed by atoms with Crippen molar-refractivity contribution in [3.63, 3.8) is 0 Å². The Labute approximate surface area is 82.3 Å². The summed E-state index contributed by atoms with van der Waals surface area (Å²) in [5, 5.41) is 0. The first-order valence-corrected chi connectivity index (χ1v) is 4.88. The average Bonchev–Trinajstić information content (AvgIpc) is 2.20. The zero-order valence-corrected chi connectivity index (χ0v) is 8.96. The molecule has 0 bridgehead atoms. The first-order chi connectivity index (χ1) is 6.20. The van der Waals surface area contributed by atoms with Crippen LogP contribution in [0.4, 0.5) is 0 Å². The van der Waals surface area contributed by atoms with Crippen molar-refractivity contribution in [3.05, 3.63) is 42.5 Å². The van der Waals surface area contributed by atoms with E-state index in [0.29, 0.717) is 0 Å². The summed E-state index contributed by atoms with van der Waals surface area (Å²) in [6.45, 7) is 10.3. The quantitative estimate of drug-likeness (QED) is 0.627. The molecule has 0 atom stereocenters. The van der Waals surface area contributed by atoms with Crippen LogP contribution in [0.25, 0.3) is 6.08 Å². The fourth-order valence-corrected chi connectivity index (χ4v) is 0.589. The van der Waals surface area contributed by atoms with Gasteiger partial charge in [0.25, 0.3) is 0 Å². The van der Waals surface area contributed by atoms with Crippen molar-refractivity contribution in [3.8, 4) is 0 Å². The first kappa shape index (κ1) is 12.0. The molecule has 0 nitrogen and oxygen atoms in total. The van der Waals surface area contributed by atoms with Crippen molar-refractivity contribution in [1.29, 1.82) is 0 Å². The van der Waals surface area contributed by atoms with Gasteiger partial charge in [0.05, 0.1) is 0 Å². The Bertz CT molecular complexity index is 209. The maximum absolute atomic E-state index is 3.63. The third-order valence-electron chi connectivity index (χ3n) is 1.85. The van der Waals surface area contributed by atoms with Crippen molar-refractivity contribution in [2.75, 3.05) is 0 Å². The molecule has 0 spiro atoms. The molecule has 13 heavy (non-hydrogen) atoms. The van der Waals surface area contributed by atoms with Crippen LogP contribution in [0.15, 0.2) is 36.9 Å². The van der Waals surface area contributed by atoms with E-state index < -0.39 is 0 Å². The molecule has 0 aliphatic rings. The van der Waals surface area contributed by atoms with E-state index in [-0.39, 0.29) is 0 Å². The van der Waals surface area contributed by atoms with Gasteiger partial charge in [-0.1, -0.05) is 70.2 Å². The number of rotatable bonds is 2. The van der Waals surface area contributed by atoms with E-state index in [1.807, 2.05) is 36.4 Å². The van der Waals surface area contributed by atoms with Gasteiger partial charge < -0.3 is 0 Å². The Morgan fingerprint density at radius 3 is 1.92 bits per heavy atom. The van der Waals surface area contributed by atoms with Crippen LogP contribution >= 0.6 is 0 Å². The zero-order chi connectivity index (χ0) is 10.1. The minimum absolute atomic E-state index is 0.884. The van der Waals surface area contributed by atoms with Crippen molar-refractivity contribution in [2.45, 2.75) is 27.2 Å². The molecule has 0 saturated heterocycles. The van der Waals surface area contributed by atoms with Crippen LogP contribution in [0, 0.1) is 5.92 Å². The van der Waals surface area contributed by atoms with E-state index in [1.54, 1.807) is 0 Å². The third kappa shape index (κ3) is 7.32. The Morgan fingerprint density at radius 1 is 1.23 bits per heavy atom. The molecule has 0 heteroatoms. The molecule has 0 radical (unpaired) electrons. The second kappa shape index (κ2) is 7.60. The third-order valence-corrected chi connectivity index (χ3v) is 1.85. The van der Waals surface area contributed by atoms with Gasteiger partial charge in [-0.2, -0.15) is 0 Å². The molecule has 0 heterocycles. The summed E-state index contributed by atoms with van der Waals surface area (Å²) in [7, 11) is 0. The van der Waals surface area contributed by atoms with E-state index in [4.69, 9.17) is 0 Å². The standard InChI is InChI=1S/C8H8.C5H12/c1-2-8-6-4-3-5-7-8;1-4-5(2)3/h2-7H,1H2;5H,4H2,1-3H3. The fourth-order valence-electron chi connectivity index (χ4n) is 0.589. The van der Waals surface area contributed by atoms with Crippen molar-refractivity contribution >= 4 is 6.08 Å². The number of hydrogen-bond donors (Lipinski definition) is 0. The van der Waals surface area contributed by atoms with E-state index >= 15 is 0 Å². The van der Waals surface area contributed by atoms with Crippen LogP contribution in [0.2, 0.25) is 0 Å². The highest BCUT2D eigenvalue weighted by molar-refractivity contribution is 5.45. The monoisotopic (exact) mass is 176 g/mol. The largest absolute Gasteiger partial charge is 0.0985 e. The minimum atomic E-state index is 0.884. The van der Waals surface area contributed by atoms with Crippen LogP contribution in [0.3, 0.4) is 0 Å². The minimum Gasteiger partial charge on any atom is -0.0985 e. The maximum Gasteiger partial charge on any atom is -0.0263 e. The van der Waals surface area contributed by atoms with Crippen molar-refractivity contribution in [2.24, 2.45) is 5.92 Å². The van der Waals surface area contributed by atoms with Crippen LogP contribution in [0.5, 0.6) is 0 Å². The highest BCUT2D eigenvalue weighted by atomic mass is 13.9. The van der Waals surface area contributed by atoms with Gasteiger partial charge in [-0.15, -0.1) is 0 Å². The zero-order valence-electron chi connectivity index (χ0n) is 8.96. The summed E-state index contributed by atoms with van der Waals surface area (Å²) in [4.78, 5) is 0. The Kier molecular flexibility index (Phi) is 6.99. The summed E-state index contributed by atoms with van der Waals surface area (Å²) >= 11 is 0. The Hall–Kier alpha value is -1.04. The summed E-state index contributed by atoms with van der Waals surface area (Å²) in [5.74, 6) is 0.884. The van der Waals surface area contributed by atoms with Crippen LogP contribution in [0.1, 0.15) is 32.8 Å². The molecule has 1 rings (SSSR count). The number of hydrogen-bond acceptors (Lipinski definition) is 0. The molecule has 0 N–H and O–H groups in total. The lowest BCUT2D eigenvalue weighted by molar-refractivity contribution is 0.626. The molecule has 1 aromatic carbocycles. The lowest BCUT2D eigenvalue weighted by atomic mass is 10.2. The van der Waals surface area contributed by atoms with Crippen LogP contribution in [-0.4, -0.2) is 0 Å². The Morgan fingerprint density at radius 2 is 1.69 bits per heavy atom. The van der Waals surface area contributed by atoms with E-state index in [9.17, 15) is 0 Å². The average molecular weight is 176 g/mol. The number of benzene rings is 1. The van der Waals surface area contributed by atoms with Crippen molar-refractivity contribution in [1.82, 2.24) is 0 Å². The van der Waals surface area contributed by atoms with Gasteiger partial charge in [0.1, 0.15) is 0 Å². The van der Waals surface area contributed by atoms with Gasteiger partial charge in [-0.25, -0.2) is 0 Å². The normalized spacial score (nSPS) is 8.92. The Balaban J connectivity index is 0.000000252. The van der Waals surface area contributed by atoms with Gasteiger partial charge in [0.15, 0.2) is 0 Å². The van der Waals surface area contributed by atoms with Crippen LogP contribution in [-0.2, 0) is 0 Å². The van der Waals surface area contributed by atoms with Gasteiger partial charge in [0, 0.05) is 0 Å². The molecule has 0 saturated carbocycles. The highest BCUT2D eigenvalue weighted by Gasteiger charge is 1.80. The SMILES string of the molecule is C=Cc1ccccc1.CCC(C)C. The lowest BCUT2D eigenvalue weighted by Crippen LogP contribution is -1.77. The predicted molar refractivity (Wildman–Crippen MR) is 61.7 cm³/mol. The molecule has 0 aliphatic carbocycles. The predicted octanol–water partition coefficient (Wildman–Crippen LogP) is 4.38. The molecule has 1 aromatic rings.